The van der Waals surface area contributed by atoms with Crippen LogP contribution in [0.3, 0.4) is 0 Å². The molecule has 1 aromatic carbocycles. The van der Waals surface area contributed by atoms with Gasteiger partial charge >= 0.3 is 0 Å². The Bertz CT molecular complexity index is 767. The molecule has 0 spiro atoms. The topological polar surface area (TPSA) is 78.7 Å². The van der Waals surface area contributed by atoms with Gasteiger partial charge in [0.2, 0.25) is 11.8 Å². The second-order valence-corrected chi connectivity index (χ2v) is 6.96. The molecule has 0 aliphatic carbocycles. The zero-order chi connectivity index (χ0) is 19.2. The average Bonchev–Trinajstić information content (AvgIpc) is 3.07. The summed E-state index contributed by atoms with van der Waals surface area (Å²) in [6.07, 6.45) is 0.269. The maximum Gasteiger partial charge on any atom is 0.225 e. The summed E-state index contributed by atoms with van der Waals surface area (Å²) in [6.45, 7) is 7.03. The first-order valence-electron chi connectivity index (χ1n) is 9.25. The molecule has 7 nitrogen and oxygen atoms in total. The molecule has 1 saturated heterocycles. The minimum absolute atomic E-state index is 0.0627. The van der Waals surface area contributed by atoms with Gasteiger partial charge in [-0.25, -0.2) is 0 Å². The van der Waals surface area contributed by atoms with Crippen molar-refractivity contribution in [2.75, 3.05) is 26.2 Å². The Morgan fingerprint density at radius 3 is 2.48 bits per heavy atom. The van der Waals surface area contributed by atoms with Crippen molar-refractivity contribution in [3.8, 4) is 0 Å². The van der Waals surface area contributed by atoms with Gasteiger partial charge in [0.15, 0.2) is 5.76 Å². The number of aryl methyl sites for hydroxylation is 1. The molecule has 2 aromatic rings. The third kappa shape index (κ3) is 5.40. The zero-order valence-electron chi connectivity index (χ0n) is 15.9. The van der Waals surface area contributed by atoms with E-state index in [1.54, 1.807) is 0 Å². The molecular formula is C20H26N4O3. The fraction of sp³-hybridized carbons (Fsp3) is 0.450. The minimum atomic E-state index is -0.300. The normalized spacial score (nSPS) is 16.1. The van der Waals surface area contributed by atoms with Crippen molar-refractivity contribution in [1.82, 2.24) is 20.3 Å². The number of hydrogen-bond donors (Lipinski definition) is 1. The van der Waals surface area contributed by atoms with Gasteiger partial charge in [-0.15, -0.1) is 0 Å². The number of piperazine rings is 1. The molecule has 1 fully saturated rings. The minimum Gasteiger partial charge on any atom is -0.360 e. The van der Waals surface area contributed by atoms with Gasteiger partial charge in [0.1, 0.15) is 0 Å². The van der Waals surface area contributed by atoms with E-state index >= 15 is 0 Å². The van der Waals surface area contributed by atoms with Crippen LogP contribution in [0.5, 0.6) is 0 Å². The zero-order valence-corrected chi connectivity index (χ0v) is 15.9. The van der Waals surface area contributed by atoms with Crippen LogP contribution in [-0.2, 0) is 16.1 Å². The van der Waals surface area contributed by atoms with Gasteiger partial charge < -0.3 is 14.7 Å². The van der Waals surface area contributed by atoms with Gasteiger partial charge in [-0.05, 0) is 12.5 Å². The monoisotopic (exact) mass is 370 g/mol. The number of hydrogen-bond acceptors (Lipinski definition) is 5. The predicted octanol–water partition coefficient (Wildman–Crippen LogP) is 1.89. The summed E-state index contributed by atoms with van der Waals surface area (Å²) >= 11 is 0. The number of nitrogens with zero attached hydrogens (tertiary/aromatic N) is 3. The van der Waals surface area contributed by atoms with Crippen LogP contribution >= 0.6 is 0 Å². The van der Waals surface area contributed by atoms with Gasteiger partial charge in [-0.3, -0.25) is 14.5 Å². The van der Waals surface area contributed by atoms with E-state index in [9.17, 15) is 9.59 Å². The third-order valence-corrected chi connectivity index (χ3v) is 4.74. The van der Waals surface area contributed by atoms with E-state index in [0.717, 1.165) is 30.1 Å². The highest BCUT2D eigenvalue weighted by Crippen LogP contribution is 2.19. The summed E-state index contributed by atoms with van der Waals surface area (Å²) < 4.78 is 5.27. The molecular weight excluding hydrogens is 344 g/mol. The van der Waals surface area contributed by atoms with Crippen molar-refractivity contribution in [1.29, 1.82) is 0 Å². The Labute approximate surface area is 159 Å². The number of carbonyl (C=O) groups excluding carboxylic acids is 2. The molecule has 1 atom stereocenters. The maximum atomic E-state index is 12.8. The SMILES string of the molecule is CC(=O)NC(CC(=O)N1CCN(Cc2cc(C)no2)CC1)c1ccccc1. The van der Waals surface area contributed by atoms with Crippen LogP contribution in [0.15, 0.2) is 40.9 Å². The van der Waals surface area contributed by atoms with Crippen LogP contribution in [0.4, 0.5) is 0 Å². The summed E-state index contributed by atoms with van der Waals surface area (Å²) in [5, 5.41) is 6.80. The quantitative estimate of drug-likeness (QED) is 0.840. The number of rotatable bonds is 6. The van der Waals surface area contributed by atoms with E-state index < -0.39 is 0 Å². The van der Waals surface area contributed by atoms with Crippen molar-refractivity contribution < 1.29 is 14.1 Å². The lowest BCUT2D eigenvalue weighted by atomic mass is 10.0. The highest BCUT2D eigenvalue weighted by Gasteiger charge is 2.25. The van der Waals surface area contributed by atoms with Crippen LogP contribution in [0.1, 0.15) is 36.4 Å². The molecule has 1 aliphatic rings. The molecule has 3 rings (SSSR count). The van der Waals surface area contributed by atoms with Crippen LogP contribution in [-0.4, -0.2) is 52.9 Å². The van der Waals surface area contributed by atoms with E-state index in [4.69, 9.17) is 4.52 Å². The van der Waals surface area contributed by atoms with E-state index in [1.807, 2.05) is 48.2 Å². The van der Waals surface area contributed by atoms with Gasteiger partial charge in [0, 0.05) is 39.2 Å². The first-order valence-corrected chi connectivity index (χ1v) is 9.25. The van der Waals surface area contributed by atoms with Gasteiger partial charge in [-0.2, -0.15) is 0 Å². The molecule has 1 aliphatic heterocycles. The summed E-state index contributed by atoms with van der Waals surface area (Å²) in [6, 6.07) is 11.3. The largest absolute Gasteiger partial charge is 0.360 e. The summed E-state index contributed by atoms with van der Waals surface area (Å²) in [5.41, 5.74) is 1.82. The standard InChI is InChI=1S/C20H26N4O3/c1-15-12-18(27-22-15)14-23-8-10-24(11-9-23)20(26)13-19(21-16(2)25)17-6-4-3-5-7-17/h3-7,12,19H,8-11,13-14H2,1-2H3,(H,21,25). The lowest BCUT2D eigenvalue weighted by molar-refractivity contribution is -0.133. The maximum absolute atomic E-state index is 12.8. The number of aromatic nitrogens is 1. The molecule has 1 N–H and O–H groups in total. The number of benzene rings is 1. The summed E-state index contributed by atoms with van der Waals surface area (Å²) in [7, 11) is 0. The molecule has 144 valence electrons. The Morgan fingerprint density at radius 2 is 1.89 bits per heavy atom. The fourth-order valence-electron chi connectivity index (χ4n) is 3.35. The van der Waals surface area contributed by atoms with Crippen molar-refractivity contribution in [2.45, 2.75) is 32.9 Å². The van der Waals surface area contributed by atoms with E-state index in [-0.39, 0.29) is 24.3 Å². The summed E-state index contributed by atoms with van der Waals surface area (Å²) in [5.74, 6) is 0.777. The van der Waals surface area contributed by atoms with Gasteiger partial charge in [-0.1, -0.05) is 35.5 Å². The van der Waals surface area contributed by atoms with Crippen molar-refractivity contribution in [3.05, 3.63) is 53.4 Å². The average molecular weight is 370 g/mol. The Balaban J connectivity index is 1.53. The molecule has 7 heteroatoms. The van der Waals surface area contributed by atoms with Crippen LogP contribution < -0.4 is 5.32 Å². The second-order valence-electron chi connectivity index (χ2n) is 6.96. The Hall–Kier alpha value is -2.67. The summed E-state index contributed by atoms with van der Waals surface area (Å²) in [4.78, 5) is 28.4. The van der Waals surface area contributed by atoms with Crippen molar-refractivity contribution >= 4 is 11.8 Å². The lowest BCUT2D eigenvalue weighted by Crippen LogP contribution is -2.49. The molecule has 27 heavy (non-hydrogen) atoms. The highest BCUT2D eigenvalue weighted by atomic mass is 16.5. The first-order chi connectivity index (χ1) is 13.0. The van der Waals surface area contributed by atoms with Gasteiger partial charge in [0.25, 0.3) is 0 Å². The van der Waals surface area contributed by atoms with Crippen molar-refractivity contribution in [2.24, 2.45) is 0 Å². The molecule has 0 bridgehead atoms. The Kier molecular flexibility index (Phi) is 6.24. The first kappa shape index (κ1) is 19.1. The van der Waals surface area contributed by atoms with E-state index in [2.05, 4.69) is 15.4 Å². The highest BCUT2D eigenvalue weighted by molar-refractivity contribution is 5.79. The molecule has 0 radical (unpaired) electrons. The molecule has 1 aromatic heterocycles. The molecule has 1 unspecified atom stereocenters. The third-order valence-electron chi connectivity index (χ3n) is 4.74. The molecule has 0 saturated carbocycles. The molecule has 2 heterocycles. The van der Waals surface area contributed by atoms with E-state index in [0.29, 0.717) is 19.6 Å². The molecule has 2 amide bonds. The number of carbonyl (C=O) groups is 2. The van der Waals surface area contributed by atoms with Crippen LogP contribution in [0.2, 0.25) is 0 Å². The smallest absolute Gasteiger partial charge is 0.225 e. The number of nitrogens with one attached hydrogen (secondary N) is 1. The van der Waals surface area contributed by atoms with Gasteiger partial charge in [0.05, 0.1) is 24.7 Å². The van der Waals surface area contributed by atoms with Crippen LogP contribution in [0, 0.1) is 6.92 Å². The number of amides is 2. The lowest BCUT2D eigenvalue weighted by Gasteiger charge is -2.35. The van der Waals surface area contributed by atoms with Crippen LogP contribution in [0.25, 0.3) is 0 Å². The predicted molar refractivity (Wildman–Crippen MR) is 101 cm³/mol. The Morgan fingerprint density at radius 1 is 1.19 bits per heavy atom. The van der Waals surface area contributed by atoms with E-state index in [1.165, 1.54) is 6.92 Å². The fourth-order valence-corrected chi connectivity index (χ4v) is 3.35. The van der Waals surface area contributed by atoms with Crippen molar-refractivity contribution in [3.63, 3.8) is 0 Å². The second kappa shape index (κ2) is 8.81.